The van der Waals surface area contributed by atoms with E-state index in [9.17, 15) is 4.79 Å². The fourth-order valence-electron chi connectivity index (χ4n) is 2.01. The first-order valence-electron chi connectivity index (χ1n) is 5.43. The van der Waals surface area contributed by atoms with Crippen molar-refractivity contribution in [3.63, 3.8) is 0 Å². The number of primary amides is 1. The SMILES string of the molecule is CCn1nnc(CC(N)=O)c1C1CCC1. The maximum atomic E-state index is 10.9. The molecule has 1 saturated carbocycles. The van der Waals surface area contributed by atoms with Gasteiger partial charge in [0.1, 0.15) is 0 Å². The molecule has 1 aromatic heterocycles. The van der Waals surface area contributed by atoms with Crippen molar-refractivity contribution < 1.29 is 4.79 Å². The molecule has 2 N–H and O–H groups in total. The number of hydrogen-bond acceptors (Lipinski definition) is 3. The summed E-state index contributed by atoms with van der Waals surface area (Å²) in [6.07, 6.45) is 3.83. The molecule has 5 nitrogen and oxygen atoms in total. The number of hydrogen-bond donors (Lipinski definition) is 1. The topological polar surface area (TPSA) is 73.8 Å². The highest BCUT2D eigenvalue weighted by Gasteiger charge is 2.27. The molecule has 0 saturated heterocycles. The molecule has 5 heteroatoms. The smallest absolute Gasteiger partial charge is 0.223 e. The van der Waals surface area contributed by atoms with E-state index >= 15 is 0 Å². The summed E-state index contributed by atoms with van der Waals surface area (Å²) in [5.41, 5.74) is 7.09. The summed E-state index contributed by atoms with van der Waals surface area (Å²) < 4.78 is 1.89. The predicted molar refractivity (Wildman–Crippen MR) is 55.2 cm³/mol. The van der Waals surface area contributed by atoms with Crippen LogP contribution >= 0.6 is 0 Å². The Morgan fingerprint density at radius 2 is 2.33 bits per heavy atom. The van der Waals surface area contributed by atoms with Crippen LogP contribution in [-0.2, 0) is 17.8 Å². The molecule has 0 aromatic carbocycles. The van der Waals surface area contributed by atoms with Crippen molar-refractivity contribution in [3.05, 3.63) is 11.4 Å². The molecular weight excluding hydrogens is 192 g/mol. The molecule has 1 aromatic rings. The van der Waals surface area contributed by atoms with Crippen molar-refractivity contribution >= 4 is 5.91 Å². The second kappa shape index (κ2) is 4.00. The average molecular weight is 208 g/mol. The largest absolute Gasteiger partial charge is 0.369 e. The monoisotopic (exact) mass is 208 g/mol. The van der Waals surface area contributed by atoms with Gasteiger partial charge < -0.3 is 5.73 Å². The van der Waals surface area contributed by atoms with Gasteiger partial charge in [0.2, 0.25) is 5.91 Å². The first kappa shape index (κ1) is 10.1. The lowest BCUT2D eigenvalue weighted by Gasteiger charge is -2.26. The number of amides is 1. The van der Waals surface area contributed by atoms with Crippen LogP contribution in [0.3, 0.4) is 0 Å². The summed E-state index contributed by atoms with van der Waals surface area (Å²) in [6, 6.07) is 0. The highest BCUT2D eigenvalue weighted by Crippen LogP contribution is 2.37. The van der Waals surface area contributed by atoms with E-state index in [2.05, 4.69) is 10.3 Å². The molecule has 0 bridgehead atoms. The minimum absolute atomic E-state index is 0.214. The molecule has 1 aliphatic carbocycles. The summed E-state index contributed by atoms with van der Waals surface area (Å²) in [5.74, 6) is 0.202. The van der Waals surface area contributed by atoms with Crippen molar-refractivity contribution in [2.24, 2.45) is 5.73 Å². The van der Waals surface area contributed by atoms with Crippen LogP contribution in [0.1, 0.15) is 43.5 Å². The molecule has 82 valence electrons. The number of nitrogens with two attached hydrogens (primary N) is 1. The van der Waals surface area contributed by atoms with E-state index in [-0.39, 0.29) is 12.3 Å². The van der Waals surface area contributed by atoms with Crippen LogP contribution in [0.5, 0.6) is 0 Å². The summed E-state index contributed by atoms with van der Waals surface area (Å²) >= 11 is 0. The van der Waals surface area contributed by atoms with Gasteiger partial charge in [-0.05, 0) is 19.8 Å². The maximum Gasteiger partial charge on any atom is 0.223 e. The molecular formula is C10H16N4O. The molecule has 0 aliphatic heterocycles. The van der Waals surface area contributed by atoms with E-state index in [1.807, 2.05) is 11.6 Å². The van der Waals surface area contributed by atoms with Crippen LogP contribution in [0.15, 0.2) is 0 Å². The zero-order chi connectivity index (χ0) is 10.8. The van der Waals surface area contributed by atoms with Crippen molar-refractivity contribution in [1.82, 2.24) is 15.0 Å². The number of aryl methyl sites for hydroxylation is 1. The number of aromatic nitrogens is 3. The second-order valence-corrected chi connectivity index (χ2v) is 4.01. The van der Waals surface area contributed by atoms with Gasteiger partial charge in [-0.2, -0.15) is 0 Å². The Morgan fingerprint density at radius 1 is 1.60 bits per heavy atom. The minimum Gasteiger partial charge on any atom is -0.369 e. The fraction of sp³-hybridized carbons (Fsp3) is 0.700. The van der Waals surface area contributed by atoms with Gasteiger partial charge in [0.25, 0.3) is 0 Å². The van der Waals surface area contributed by atoms with E-state index in [1.54, 1.807) is 0 Å². The Labute approximate surface area is 88.6 Å². The fourth-order valence-corrected chi connectivity index (χ4v) is 2.01. The quantitative estimate of drug-likeness (QED) is 0.787. The van der Waals surface area contributed by atoms with Crippen LogP contribution < -0.4 is 5.73 Å². The highest BCUT2D eigenvalue weighted by molar-refractivity contribution is 5.76. The third-order valence-electron chi connectivity index (χ3n) is 2.98. The van der Waals surface area contributed by atoms with Gasteiger partial charge >= 0.3 is 0 Å². The molecule has 15 heavy (non-hydrogen) atoms. The zero-order valence-electron chi connectivity index (χ0n) is 8.94. The Hall–Kier alpha value is -1.39. The van der Waals surface area contributed by atoms with Crippen molar-refractivity contribution in [2.45, 2.75) is 45.1 Å². The predicted octanol–water partition coefficient (Wildman–Crippen LogP) is 0.593. The molecule has 0 atom stereocenters. The zero-order valence-corrected chi connectivity index (χ0v) is 8.94. The standard InChI is InChI=1S/C10H16N4O/c1-2-14-10(7-4-3-5-7)8(12-13-14)6-9(11)15/h7H,2-6H2,1H3,(H2,11,15). The normalized spacial score (nSPS) is 16.3. The molecule has 0 unspecified atom stereocenters. The van der Waals surface area contributed by atoms with Crippen LogP contribution in [0.25, 0.3) is 0 Å². The van der Waals surface area contributed by atoms with E-state index in [1.165, 1.54) is 19.3 Å². The van der Waals surface area contributed by atoms with E-state index in [4.69, 9.17) is 5.73 Å². The van der Waals surface area contributed by atoms with Crippen LogP contribution in [0, 0.1) is 0 Å². The summed E-state index contributed by atoms with van der Waals surface area (Å²) in [6.45, 7) is 2.84. The molecule has 1 aliphatic rings. The number of carbonyl (C=O) groups is 1. The molecule has 2 rings (SSSR count). The minimum atomic E-state index is -0.335. The van der Waals surface area contributed by atoms with Crippen LogP contribution in [-0.4, -0.2) is 20.9 Å². The summed E-state index contributed by atoms with van der Waals surface area (Å²) in [4.78, 5) is 10.9. The lowest BCUT2D eigenvalue weighted by atomic mass is 9.81. The van der Waals surface area contributed by atoms with Gasteiger partial charge in [-0.25, -0.2) is 4.68 Å². The number of carbonyl (C=O) groups excluding carboxylic acids is 1. The van der Waals surface area contributed by atoms with Crippen molar-refractivity contribution in [1.29, 1.82) is 0 Å². The molecule has 0 radical (unpaired) electrons. The summed E-state index contributed by atoms with van der Waals surface area (Å²) in [7, 11) is 0. The third-order valence-corrected chi connectivity index (χ3v) is 2.98. The second-order valence-electron chi connectivity index (χ2n) is 4.01. The van der Waals surface area contributed by atoms with Gasteiger partial charge in [-0.3, -0.25) is 4.79 Å². The van der Waals surface area contributed by atoms with Gasteiger partial charge in [0.15, 0.2) is 0 Å². The third kappa shape index (κ3) is 1.86. The van der Waals surface area contributed by atoms with Gasteiger partial charge in [-0.15, -0.1) is 5.10 Å². The van der Waals surface area contributed by atoms with E-state index < -0.39 is 0 Å². The Balaban J connectivity index is 2.28. The Kier molecular flexibility index (Phi) is 2.70. The van der Waals surface area contributed by atoms with Crippen LogP contribution in [0.2, 0.25) is 0 Å². The van der Waals surface area contributed by atoms with Crippen molar-refractivity contribution in [3.8, 4) is 0 Å². The number of nitrogens with zero attached hydrogens (tertiary/aromatic N) is 3. The molecule has 0 spiro atoms. The maximum absolute atomic E-state index is 10.9. The number of rotatable bonds is 4. The van der Waals surface area contributed by atoms with E-state index in [0.29, 0.717) is 5.92 Å². The van der Waals surface area contributed by atoms with Gasteiger partial charge in [0, 0.05) is 12.5 Å². The Morgan fingerprint density at radius 3 is 2.80 bits per heavy atom. The van der Waals surface area contributed by atoms with Crippen LogP contribution in [0.4, 0.5) is 0 Å². The average Bonchev–Trinajstić information content (AvgIpc) is 2.45. The van der Waals surface area contributed by atoms with Gasteiger partial charge in [0.05, 0.1) is 17.8 Å². The highest BCUT2D eigenvalue weighted by atomic mass is 16.1. The first-order valence-corrected chi connectivity index (χ1v) is 5.43. The first-order chi connectivity index (χ1) is 7.22. The summed E-state index contributed by atoms with van der Waals surface area (Å²) in [5, 5.41) is 8.09. The Bertz CT molecular complexity index is 367. The molecule has 1 fully saturated rings. The lowest BCUT2D eigenvalue weighted by Crippen LogP contribution is -2.19. The lowest BCUT2D eigenvalue weighted by molar-refractivity contribution is -0.117. The van der Waals surface area contributed by atoms with E-state index in [0.717, 1.165) is 17.9 Å². The molecule has 1 amide bonds. The molecule has 1 heterocycles. The van der Waals surface area contributed by atoms with Crippen molar-refractivity contribution in [2.75, 3.05) is 0 Å². The van der Waals surface area contributed by atoms with Gasteiger partial charge in [-0.1, -0.05) is 11.6 Å².